The van der Waals surface area contributed by atoms with Gasteiger partial charge in [-0.25, -0.2) is 12.2 Å². The normalized spacial score (nSPS) is 17.1. The van der Waals surface area contributed by atoms with Gasteiger partial charge in [0, 0.05) is 11.9 Å². The Bertz CT molecular complexity index is 395. The number of hydrogen-bond acceptors (Lipinski definition) is 3. The van der Waals surface area contributed by atoms with E-state index in [2.05, 4.69) is 29.3 Å². The minimum absolute atomic E-state index is 0.514. The van der Waals surface area contributed by atoms with Crippen LogP contribution in [0.5, 0.6) is 0 Å². The molecular formula is C12H12NO2Ti-. The number of rotatable bonds is 2. The van der Waals surface area contributed by atoms with E-state index in [4.69, 9.17) is 6.65 Å². The molecule has 3 nitrogen and oxygen atoms in total. The molecule has 1 aromatic rings. The van der Waals surface area contributed by atoms with E-state index in [0.29, 0.717) is 5.92 Å². The summed E-state index contributed by atoms with van der Waals surface area (Å²) in [6.45, 7) is 0. The Labute approximate surface area is 104 Å². The van der Waals surface area contributed by atoms with Crippen LogP contribution >= 0.6 is 0 Å². The van der Waals surface area contributed by atoms with E-state index in [-0.39, 0.29) is 0 Å². The molecule has 16 heavy (non-hydrogen) atoms. The molecule has 0 saturated carbocycles. The van der Waals surface area contributed by atoms with E-state index in [1.54, 1.807) is 0 Å². The zero-order chi connectivity index (χ0) is 11.6. The summed E-state index contributed by atoms with van der Waals surface area (Å²) in [5.74, 6) is 0.514. The van der Waals surface area contributed by atoms with Gasteiger partial charge in [0.2, 0.25) is 0 Å². The van der Waals surface area contributed by atoms with Crippen LogP contribution in [0.2, 0.25) is 0 Å². The number of allylic oxidation sites excluding steroid dienone is 4. The monoisotopic (exact) mass is 250 g/mol. The van der Waals surface area contributed by atoms with Gasteiger partial charge in [-0.15, -0.1) is 0 Å². The fourth-order valence-electron chi connectivity index (χ4n) is 1.48. The average Bonchev–Trinajstić information content (AvgIpc) is 2.33. The topological polar surface area (TPSA) is 47.0 Å². The molecule has 0 spiro atoms. The van der Waals surface area contributed by atoms with Crippen molar-refractivity contribution in [1.29, 1.82) is 0 Å². The second kappa shape index (κ2) is 8.14. The van der Waals surface area contributed by atoms with E-state index < -0.39 is 19.1 Å². The van der Waals surface area contributed by atoms with Gasteiger partial charge < -0.3 is 0 Å². The molecule has 82 valence electrons. The summed E-state index contributed by atoms with van der Waals surface area (Å²) >= 11 is -2.00. The number of nitrogens with zero attached hydrogens (tertiary/aromatic N) is 1. The molecule has 0 N–H and O–H groups in total. The third-order valence-electron chi connectivity index (χ3n) is 2.17. The third kappa shape index (κ3) is 5.15. The van der Waals surface area contributed by atoms with Crippen LogP contribution in [-0.4, -0.2) is 4.98 Å². The van der Waals surface area contributed by atoms with Crippen LogP contribution in [0, 0.1) is 12.0 Å². The molecule has 0 aliphatic heterocycles. The van der Waals surface area contributed by atoms with Gasteiger partial charge >= 0.3 is 25.7 Å². The Balaban J connectivity index is 0.000000386. The van der Waals surface area contributed by atoms with Gasteiger partial charge in [-0.05, 0) is 18.6 Å². The van der Waals surface area contributed by atoms with Gasteiger partial charge in [0.25, 0.3) is 0 Å². The summed E-state index contributed by atoms with van der Waals surface area (Å²) in [7, 11) is 0. The molecule has 1 heterocycles. The van der Waals surface area contributed by atoms with Crippen LogP contribution in [0.4, 0.5) is 0 Å². The van der Waals surface area contributed by atoms with Crippen LogP contribution in [0.3, 0.4) is 0 Å². The van der Waals surface area contributed by atoms with Crippen LogP contribution in [-0.2, 0) is 32.2 Å². The Kier molecular flexibility index (Phi) is 6.62. The van der Waals surface area contributed by atoms with Crippen LogP contribution in [0.25, 0.3) is 0 Å². The molecule has 0 bridgehead atoms. The molecule has 0 aromatic carbocycles. The van der Waals surface area contributed by atoms with Crippen molar-refractivity contribution in [2.24, 2.45) is 5.92 Å². The molecule has 1 aromatic heterocycles. The van der Waals surface area contributed by atoms with Crippen molar-refractivity contribution in [3.05, 3.63) is 54.4 Å². The van der Waals surface area contributed by atoms with Crippen LogP contribution < -0.4 is 0 Å². The first-order chi connectivity index (χ1) is 7.86. The van der Waals surface area contributed by atoms with E-state index in [1.807, 2.05) is 24.4 Å². The molecule has 1 aliphatic rings. The number of pyridine rings is 1. The summed E-state index contributed by atoms with van der Waals surface area (Å²) in [6.07, 6.45) is 13.5. The zero-order valence-corrected chi connectivity index (χ0v) is 10.4. The number of hydrogen-bond donors (Lipinski definition) is 0. The van der Waals surface area contributed by atoms with Gasteiger partial charge in [0.15, 0.2) is 0 Å². The Morgan fingerprint density at radius 1 is 1.44 bits per heavy atom. The molecule has 4 heteroatoms. The van der Waals surface area contributed by atoms with Crippen LogP contribution in [0.1, 0.15) is 12.1 Å². The summed E-state index contributed by atoms with van der Waals surface area (Å²) < 4.78 is 17.0. The van der Waals surface area contributed by atoms with Gasteiger partial charge in [0.05, 0.1) is 0 Å². The predicted octanol–water partition coefficient (Wildman–Crippen LogP) is 2.32. The summed E-state index contributed by atoms with van der Waals surface area (Å²) in [5.41, 5.74) is 1.16. The fraction of sp³-hybridized carbons (Fsp3) is 0.250. The summed E-state index contributed by atoms with van der Waals surface area (Å²) in [4.78, 5) is 4.29. The zero-order valence-electron chi connectivity index (χ0n) is 8.80. The Hall–Kier alpha value is -1.06. The summed E-state index contributed by atoms with van der Waals surface area (Å²) in [5, 5.41) is 0. The van der Waals surface area contributed by atoms with E-state index in [9.17, 15) is 0 Å². The van der Waals surface area contributed by atoms with Crippen molar-refractivity contribution in [3.63, 3.8) is 0 Å². The first-order valence-corrected chi connectivity index (χ1v) is 6.28. The third-order valence-corrected chi connectivity index (χ3v) is 2.17. The summed E-state index contributed by atoms with van der Waals surface area (Å²) in [6, 6.07) is 6.05. The molecule has 0 radical (unpaired) electrons. The van der Waals surface area contributed by atoms with Crippen molar-refractivity contribution in [3.8, 4) is 0 Å². The standard InChI is InChI=1S/C12H12N.2O.Ti/c1-2-6-11(7-3-1)10-12-8-4-5-9-13-12;;;/h1-5,8-9,11H,6,10H2;;;/q-1;;;. The van der Waals surface area contributed by atoms with Gasteiger partial charge in [-0.2, -0.15) is 6.08 Å². The molecular weight excluding hydrogens is 238 g/mol. The van der Waals surface area contributed by atoms with Crippen molar-refractivity contribution >= 4 is 0 Å². The SMILES string of the molecule is [C-]1=CC=CCC1Cc1ccccn1.[O]=[Ti]=[O]. The minimum atomic E-state index is -2.00. The van der Waals surface area contributed by atoms with Crippen molar-refractivity contribution in [1.82, 2.24) is 4.98 Å². The Morgan fingerprint density at radius 3 is 2.81 bits per heavy atom. The van der Waals surface area contributed by atoms with E-state index >= 15 is 0 Å². The van der Waals surface area contributed by atoms with Gasteiger partial charge in [0.1, 0.15) is 0 Å². The first-order valence-electron chi connectivity index (χ1n) is 5.00. The first kappa shape index (κ1) is 13.0. The van der Waals surface area contributed by atoms with Crippen LogP contribution in [0.15, 0.2) is 42.6 Å². The molecule has 0 amide bonds. The quantitative estimate of drug-likeness (QED) is 0.597. The molecule has 0 saturated heterocycles. The second-order valence-corrected chi connectivity index (χ2v) is 3.56. The van der Waals surface area contributed by atoms with Crippen molar-refractivity contribution < 1.29 is 25.7 Å². The predicted molar refractivity (Wildman–Crippen MR) is 54.4 cm³/mol. The molecule has 1 atom stereocenters. The van der Waals surface area contributed by atoms with Crippen molar-refractivity contribution in [2.75, 3.05) is 0 Å². The average molecular weight is 250 g/mol. The molecule has 0 fully saturated rings. The maximum absolute atomic E-state index is 8.50. The van der Waals surface area contributed by atoms with Gasteiger partial charge in [-0.3, -0.25) is 11.1 Å². The van der Waals surface area contributed by atoms with E-state index in [0.717, 1.165) is 18.5 Å². The molecule has 1 aliphatic carbocycles. The maximum atomic E-state index is 8.50. The van der Waals surface area contributed by atoms with Crippen molar-refractivity contribution in [2.45, 2.75) is 12.8 Å². The molecule has 2 rings (SSSR count). The number of aromatic nitrogens is 1. The van der Waals surface area contributed by atoms with E-state index in [1.165, 1.54) is 0 Å². The second-order valence-electron chi connectivity index (χ2n) is 3.30. The molecule has 1 unspecified atom stereocenters. The fourth-order valence-corrected chi connectivity index (χ4v) is 1.48. The van der Waals surface area contributed by atoms with Gasteiger partial charge in [-0.1, -0.05) is 18.4 Å². The Morgan fingerprint density at radius 2 is 2.25 bits per heavy atom.